The molecule has 4 nitrogen and oxygen atoms in total. The number of nitrogens with zero attached hydrogens (tertiary/aromatic N) is 2. The lowest BCUT2D eigenvalue weighted by Crippen LogP contribution is -1.84. The third kappa shape index (κ3) is 2.57. The molecule has 0 radical (unpaired) electrons. The van der Waals surface area contributed by atoms with Crippen LogP contribution in [0.2, 0.25) is 0 Å². The third-order valence-electron chi connectivity index (χ3n) is 3.56. The zero-order valence-electron chi connectivity index (χ0n) is 12.3. The van der Waals surface area contributed by atoms with Crippen LogP contribution >= 0.6 is 0 Å². The molecule has 0 unspecified atom stereocenters. The molecular formula is C17H16FN3O. The van der Waals surface area contributed by atoms with E-state index in [2.05, 4.69) is 29.1 Å². The molecule has 0 aliphatic carbocycles. The monoisotopic (exact) mass is 297 g/mol. The van der Waals surface area contributed by atoms with Crippen molar-refractivity contribution in [2.75, 3.05) is 0 Å². The van der Waals surface area contributed by atoms with Crippen molar-refractivity contribution in [1.82, 2.24) is 4.98 Å². The Morgan fingerprint density at radius 3 is 2.45 bits per heavy atom. The predicted octanol–water partition coefficient (Wildman–Crippen LogP) is 5.55. The van der Waals surface area contributed by atoms with Crippen molar-refractivity contribution < 1.29 is 9.50 Å². The van der Waals surface area contributed by atoms with E-state index in [-0.39, 0.29) is 17.1 Å². The van der Waals surface area contributed by atoms with Gasteiger partial charge in [-0.1, -0.05) is 38.1 Å². The standard InChI is InChI=1S/C17H16FN3O/c1-10(2)11-6-8-12(9-7-11)20-21-16-13-4-3-5-14(18)15(13)19-17(16)22/h3-10,19,22H,1-2H3. The van der Waals surface area contributed by atoms with Gasteiger partial charge in [-0.3, -0.25) is 0 Å². The van der Waals surface area contributed by atoms with E-state index in [1.807, 2.05) is 24.3 Å². The molecule has 1 aromatic heterocycles. The van der Waals surface area contributed by atoms with Gasteiger partial charge >= 0.3 is 0 Å². The summed E-state index contributed by atoms with van der Waals surface area (Å²) >= 11 is 0. The van der Waals surface area contributed by atoms with Crippen molar-refractivity contribution in [2.24, 2.45) is 10.2 Å². The number of aromatic nitrogens is 1. The van der Waals surface area contributed by atoms with Crippen LogP contribution in [0.25, 0.3) is 10.9 Å². The summed E-state index contributed by atoms with van der Waals surface area (Å²) in [6.45, 7) is 4.24. The molecule has 112 valence electrons. The Labute approximate surface area is 127 Å². The zero-order valence-corrected chi connectivity index (χ0v) is 12.3. The van der Waals surface area contributed by atoms with Crippen LogP contribution in [0.4, 0.5) is 15.8 Å². The number of fused-ring (bicyclic) bond motifs is 1. The second-order valence-corrected chi connectivity index (χ2v) is 5.43. The maximum absolute atomic E-state index is 13.6. The molecule has 2 aromatic carbocycles. The van der Waals surface area contributed by atoms with E-state index < -0.39 is 5.82 Å². The molecular weight excluding hydrogens is 281 g/mol. The number of aromatic hydroxyl groups is 1. The van der Waals surface area contributed by atoms with Crippen molar-refractivity contribution in [3.63, 3.8) is 0 Å². The first-order chi connectivity index (χ1) is 10.6. The maximum atomic E-state index is 13.6. The Bertz CT molecular complexity index is 835. The second-order valence-electron chi connectivity index (χ2n) is 5.43. The average Bonchev–Trinajstić information content (AvgIpc) is 2.83. The van der Waals surface area contributed by atoms with Crippen molar-refractivity contribution in [1.29, 1.82) is 0 Å². The van der Waals surface area contributed by atoms with Crippen LogP contribution in [0.1, 0.15) is 25.3 Å². The Morgan fingerprint density at radius 2 is 1.77 bits per heavy atom. The normalized spacial score (nSPS) is 11.8. The molecule has 0 saturated carbocycles. The van der Waals surface area contributed by atoms with Crippen molar-refractivity contribution >= 4 is 22.3 Å². The molecule has 0 saturated heterocycles. The predicted molar refractivity (Wildman–Crippen MR) is 84.6 cm³/mol. The van der Waals surface area contributed by atoms with Gasteiger partial charge in [0.05, 0.1) is 11.2 Å². The quantitative estimate of drug-likeness (QED) is 0.611. The SMILES string of the molecule is CC(C)c1ccc(N=Nc2c(O)[nH]c3c(F)cccc23)cc1. The van der Waals surface area contributed by atoms with Crippen LogP contribution in [0.15, 0.2) is 52.7 Å². The number of rotatable bonds is 3. The summed E-state index contributed by atoms with van der Waals surface area (Å²) in [5.74, 6) is -0.176. The highest BCUT2D eigenvalue weighted by Gasteiger charge is 2.13. The van der Waals surface area contributed by atoms with Crippen molar-refractivity contribution in [2.45, 2.75) is 19.8 Å². The van der Waals surface area contributed by atoms with E-state index in [0.717, 1.165) is 0 Å². The van der Waals surface area contributed by atoms with Gasteiger partial charge in [-0.15, -0.1) is 5.11 Å². The highest BCUT2D eigenvalue weighted by atomic mass is 19.1. The molecule has 0 fully saturated rings. The van der Waals surface area contributed by atoms with Crippen LogP contribution in [-0.2, 0) is 0 Å². The van der Waals surface area contributed by atoms with Gasteiger partial charge in [-0.05, 0) is 29.7 Å². The Morgan fingerprint density at radius 1 is 1.05 bits per heavy atom. The van der Waals surface area contributed by atoms with Crippen LogP contribution in [-0.4, -0.2) is 10.1 Å². The van der Waals surface area contributed by atoms with Crippen LogP contribution in [0, 0.1) is 5.82 Å². The zero-order chi connectivity index (χ0) is 15.7. The van der Waals surface area contributed by atoms with Gasteiger partial charge in [0.2, 0.25) is 5.88 Å². The first-order valence-electron chi connectivity index (χ1n) is 7.07. The minimum Gasteiger partial charge on any atom is -0.493 e. The summed E-state index contributed by atoms with van der Waals surface area (Å²) < 4.78 is 13.6. The molecule has 0 spiro atoms. The molecule has 0 bridgehead atoms. The Hall–Kier alpha value is -2.69. The molecule has 0 amide bonds. The van der Waals surface area contributed by atoms with E-state index in [1.54, 1.807) is 12.1 Å². The lowest BCUT2D eigenvalue weighted by Gasteiger charge is -2.03. The number of azo groups is 1. The summed E-state index contributed by atoms with van der Waals surface area (Å²) in [6, 6.07) is 12.3. The number of benzene rings is 2. The summed E-state index contributed by atoms with van der Waals surface area (Å²) in [7, 11) is 0. The molecule has 22 heavy (non-hydrogen) atoms. The maximum Gasteiger partial charge on any atom is 0.218 e. The van der Waals surface area contributed by atoms with Crippen LogP contribution in [0.3, 0.4) is 0 Å². The lowest BCUT2D eigenvalue weighted by atomic mass is 10.0. The summed E-state index contributed by atoms with van der Waals surface area (Å²) in [4.78, 5) is 2.58. The topological polar surface area (TPSA) is 60.7 Å². The molecule has 0 atom stereocenters. The summed E-state index contributed by atoms with van der Waals surface area (Å²) in [6.07, 6.45) is 0. The van der Waals surface area contributed by atoms with Gasteiger partial charge in [0.15, 0.2) is 5.69 Å². The van der Waals surface area contributed by atoms with Crippen molar-refractivity contribution in [3.8, 4) is 5.88 Å². The van der Waals surface area contributed by atoms with E-state index in [1.165, 1.54) is 11.6 Å². The second kappa shape index (κ2) is 5.60. The average molecular weight is 297 g/mol. The largest absolute Gasteiger partial charge is 0.493 e. The lowest BCUT2D eigenvalue weighted by molar-refractivity contribution is 0.459. The molecule has 1 heterocycles. The third-order valence-corrected chi connectivity index (χ3v) is 3.56. The fraction of sp³-hybridized carbons (Fsp3) is 0.176. The molecule has 0 aliphatic heterocycles. The van der Waals surface area contributed by atoms with Gasteiger partial charge < -0.3 is 10.1 Å². The smallest absolute Gasteiger partial charge is 0.218 e. The van der Waals surface area contributed by atoms with Gasteiger partial charge in [0.1, 0.15) is 5.82 Å². The molecule has 5 heteroatoms. The highest BCUT2D eigenvalue weighted by molar-refractivity contribution is 5.94. The number of para-hydroxylation sites is 1. The van der Waals surface area contributed by atoms with Gasteiger partial charge in [-0.2, -0.15) is 5.11 Å². The Balaban J connectivity index is 1.95. The number of aromatic amines is 1. The number of H-pyrrole nitrogens is 1. The Kier molecular flexibility index (Phi) is 3.63. The fourth-order valence-electron chi connectivity index (χ4n) is 2.29. The summed E-state index contributed by atoms with van der Waals surface area (Å²) in [5, 5.41) is 18.5. The summed E-state index contributed by atoms with van der Waals surface area (Å²) in [5.41, 5.74) is 2.36. The highest BCUT2D eigenvalue weighted by Crippen LogP contribution is 2.37. The first-order valence-corrected chi connectivity index (χ1v) is 7.07. The fourth-order valence-corrected chi connectivity index (χ4v) is 2.29. The minimum atomic E-state index is -0.435. The van der Waals surface area contributed by atoms with Crippen LogP contribution in [0.5, 0.6) is 5.88 Å². The van der Waals surface area contributed by atoms with Crippen molar-refractivity contribution in [3.05, 3.63) is 53.8 Å². The van der Waals surface area contributed by atoms with Gasteiger partial charge in [0, 0.05) is 5.39 Å². The number of hydrogen-bond donors (Lipinski definition) is 2. The van der Waals surface area contributed by atoms with Gasteiger partial charge in [-0.25, -0.2) is 4.39 Å². The number of nitrogens with one attached hydrogen (secondary N) is 1. The first kappa shape index (κ1) is 14.3. The van der Waals surface area contributed by atoms with E-state index >= 15 is 0 Å². The molecule has 3 aromatic rings. The van der Waals surface area contributed by atoms with Gasteiger partial charge in [0.25, 0.3) is 0 Å². The van der Waals surface area contributed by atoms with E-state index in [4.69, 9.17) is 0 Å². The molecule has 3 rings (SSSR count). The van der Waals surface area contributed by atoms with Crippen LogP contribution < -0.4 is 0 Å². The molecule has 0 aliphatic rings. The minimum absolute atomic E-state index is 0.192. The molecule has 2 N–H and O–H groups in total. The van der Waals surface area contributed by atoms with E-state index in [9.17, 15) is 9.50 Å². The number of halogens is 1. The van der Waals surface area contributed by atoms with E-state index in [0.29, 0.717) is 17.0 Å². The number of hydrogen-bond acceptors (Lipinski definition) is 3.